The van der Waals surface area contributed by atoms with Crippen LogP contribution in [-0.4, -0.2) is 25.6 Å². The first-order valence-corrected chi connectivity index (χ1v) is 9.38. The van der Waals surface area contributed by atoms with E-state index in [-0.39, 0.29) is 15.6 Å². The van der Waals surface area contributed by atoms with Gasteiger partial charge in [0.25, 0.3) is 5.91 Å². The predicted molar refractivity (Wildman–Crippen MR) is 112 cm³/mol. The molecule has 6 nitrogen and oxygen atoms in total. The number of benzene rings is 2. The molecular weight excluding hydrogens is 415 g/mol. The Labute approximate surface area is 178 Å². The quantitative estimate of drug-likeness (QED) is 0.372. The van der Waals surface area contributed by atoms with Crippen LogP contribution in [0.4, 0.5) is 5.69 Å². The minimum atomic E-state index is -0.614. The Balaban J connectivity index is 2.20. The maximum Gasteiger partial charge on any atom is 0.337 e. The molecule has 0 saturated carbocycles. The molecule has 0 aromatic heterocycles. The molecule has 0 radical (unpaired) electrons. The number of halogens is 2. The SMILES string of the molecule is CCCOc1c(Cl)cc(/C=C(\C#N)C(=O)Nc2ccc(C(=O)OC)cc2)cc1Cl. The average molecular weight is 433 g/mol. The Bertz CT molecular complexity index is 956. The van der Waals surface area contributed by atoms with E-state index in [4.69, 9.17) is 27.9 Å². The van der Waals surface area contributed by atoms with Gasteiger partial charge in [-0.05, 0) is 54.5 Å². The summed E-state index contributed by atoms with van der Waals surface area (Å²) in [4.78, 5) is 23.9. The van der Waals surface area contributed by atoms with E-state index in [0.29, 0.717) is 29.2 Å². The summed E-state index contributed by atoms with van der Waals surface area (Å²) in [6, 6.07) is 11.1. The number of anilines is 1. The minimum Gasteiger partial charge on any atom is -0.490 e. The zero-order valence-electron chi connectivity index (χ0n) is 15.8. The monoisotopic (exact) mass is 432 g/mol. The minimum absolute atomic E-state index is 0.142. The highest BCUT2D eigenvalue weighted by Gasteiger charge is 2.13. The third kappa shape index (κ3) is 5.98. The number of nitrogens with zero attached hydrogens (tertiary/aromatic N) is 1. The normalized spacial score (nSPS) is 10.8. The van der Waals surface area contributed by atoms with Crippen LogP contribution in [0.25, 0.3) is 6.08 Å². The number of carbonyl (C=O) groups is 2. The highest BCUT2D eigenvalue weighted by atomic mass is 35.5. The van der Waals surface area contributed by atoms with Gasteiger partial charge in [0.15, 0.2) is 5.75 Å². The molecule has 0 saturated heterocycles. The fourth-order valence-electron chi connectivity index (χ4n) is 2.33. The molecule has 0 atom stereocenters. The third-order valence-corrected chi connectivity index (χ3v) is 4.27. The Kier molecular flexibility index (Phi) is 8.08. The summed E-state index contributed by atoms with van der Waals surface area (Å²) in [5.74, 6) is -0.738. The molecule has 0 spiro atoms. The lowest BCUT2D eigenvalue weighted by molar-refractivity contribution is -0.112. The van der Waals surface area contributed by atoms with E-state index < -0.39 is 11.9 Å². The molecule has 1 N–H and O–H groups in total. The van der Waals surface area contributed by atoms with Crippen LogP contribution in [0, 0.1) is 11.3 Å². The van der Waals surface area contributed by atoms with E-state index in [1.807, 2.05) is 13.0 Å². The molecule has 0 heterocycles. The Morgan fingerprint density at radius 1 is 1.17 bits per heavy atom. The van der Waals surface area contributed by atoms with Crippen molar-refractivity contribution >= 4 is 46.8 Å². The smallest absolute Gasteiger partial charge is 0.337 e. The van der Waals surface area contributed by atoms with E-state index in [1.54, 1.807) is 12.1 Å². The molecule has 29 heavy (non-hydrogen) atoms. The van der Waals surface area contributed by atoms with Gasteiger partial charge in [0.05, 0.1) is 29.3 Å². The van der Waals surface area contributed by atoms with Crippen molar-refractivity contribution in [2.75, 3.05) is 19.0 Å². The molecule has 2 aromatic carbocycles. The topological polar surface area (TPSA) is 88.4 Å². The maximum atomic E-state index is 12.4. The van der Waals surface area contributed by atoms with Gasteiger partial charge in [0.2, 0.25) is 0 Å². The Morgan fingerprint density at radius 3 is 2.31 bits per heavy atom. The van der Waals surface area contributed by atoms with Crippen LogP contribution in [0.3, 0.4) is 0 Å². The van der Waals surface area contributed by atoms with Crippen molar-refractivity contribution in [3.8, 4) is 11.8 Å². The molecule has 0 aliphatic heterocycles. The van der Waals surface area contributed by atoms with Crippen molar-refractivity contribution in [3.63, 3.8) is 0 Å². The van der Waals surface area contributed by atoms with E-state index in [9.17, 15) is 14.9 Å². The first-order valence-electron chi connectivity index (χ1n) is 8.63. The van der Waals surface area contributed by atoms with Crippen molar-refractivity contribution in [1.29, 1.82) is 5.26 Å². The van der Waals surface area contributed by atoms with Crippen molar-refractivity contribution in [3.05, 3.63) is 63.1 Å². The largest absolute Gasteiger partial charge is 0.490 e. The first kappa shape index (κ1) is 22.3. The van der Waals surface area contributed by atoms with Crippen LogP contribution in [0.1, 0.15) is 29.3 Å². The molecule has 0 unspecified atom stereocenters. The standard InChI is InChI=1S/C21H18Cl2N2O4/c1-3-8-29-19-17(22)10-13(11-18(19)23)9-15(12-24)20(26)25-16-6-4-14(5-7-16)21(27)28-2/h4-7,9-11H,3,8H2,1-2H3,(H,25,26)/b15-9+. The summed E-state index contributed by atoms with van der Waals surface area (Å²) in [6.45, 7) is 2.43. The molecule has 0 aliphatic carbocycles. The number of hydrogen-bond acceptors (Lipinski definition) is 5. The Hall–Kier alpha value is -3.01. The van der Waals surface area contributed by atoms with Crippen molar-refractivity contribution in [2.24, 2.45) is 0 Å². The second-order valence-corrected chi connectivity index (χ2v) is 6.67. The van der Waals surface area contributed by atoms with Gasteiger partial charge in [-0.2, -0.15) is 5.26 Å². The number of carbonyl (C=O) groups excluding carboxylic acids is 2. The second-order valence-electron chi connectivity index (χ2n) is 5.86. The average Bonchev–Trinajstić information content (AvgIpc) is 2.71. The van der Waals surface area contributed by atoms with Crippen LogP contribution in [0.15, 0.2) is 42.0 Å². The lowest BCUT2D eigenvalue weighted by atomic mass is 10.1. The second kappa shape index (κ2) is 10.5. The summed E-state index contributed by atoms with van der Waals surface area (Å²) in [6.07, 6.45) is 2.17. The lowest BCUT2D eigenvalue weighted by Gasteiger charge is -2.10. The number of nitrogens with one attached hydrogen (secondary N) is 1. The van der Waals surface area contributed by atoms with Gasteiger partial charge in [-0.15, -0.1) is 0 Å². The number of esters is 1. The highest BCUT2D eigenvalue weighted by Crippen LogP contribution is 2.35. The van der Waals surface area contributed by atoms with E-state index in [2.05, 4.69) is 10.1 Å². The van der Waals surface area contributed by atoms with Gasteiger partial charge in [0.1, 0.15) is 11.6 Å². The number of methoxy groups -OCH3 is 1. The van der Waals surface area contributed by atoms with E-state index in [1.165, 1.54) is 37.5 Å². The summed E-state index contributed by atoms with van der Waals surface area (Å²) in [5.41, 5.74) is 1.10. The summed E-state index contributed by atoms with van der Waals surface area (Å²) in [7, 11) is 1.28. The lowest BCUT2D eigenvalue weighted by Crippen LogP contribution is -2.13. The summed E-state index contributed by atoms with van der Waals surface area (Å²) in [5, 5.41) is 12.5. The van der Waals surface area contributed by atoms with Gasteiger partial charge >= 0.3 is 5.97 Å². The van der Waals surface area contributed by atoms with Gasteiger partial charge in [-0.25, -0.2) is 4.79 Å². The van der Waals surface area contributed by atoms with Crippen LogP contribution < -0.4 is 10.1 Å². The van der Waals surface area contributed by atoms with E-state index in [0.717, 1.165) is 6.42 Å². The zero-order chi connectivity index (χ0) is 21.4. The zero-order valence-corrected chi connectivity index (χ0v) is 17.3. The molecule has 0 fully saturated rings. The molecule has 8 heteroatoms. The predicted octanol–water partition coefficient (Wildman–Crippen LogP) is 5.11. The number of hydrogen-bond donors (Lipinski definition) is 1. The summed E-state index contributed by atoms with van der Waals surface area (Å²) >= 11 is 12.4. The van der Waals surface area contributed by atoms with Crippen molar-refractivity contribution in [1.82, 2.24) is 0 Å². The van der Waals surface area contributed by atoms with Gasteiger partial charge < -0.3 is 14.8 Å². The molecule has 0 aliphatic rings. The molecule has 2 rings (SSSR count). The number of ether oxygens (including phenoxy) is 2. The molecular formula is C21H18Cl2N2O4. The maximum absolute atomic E-state index is 12.4. The van der Waals surface area contributed by atoms with Gasteiger partial charge in [-0.1, -0.05) is 30.1 Å². The molecule has 2 aromatic rings. The van der Waals surface area contributed by atoms with Crippen molar-refractivity contribution in [2.45, 2.75) is 13.3 Å². The van der Waals surface area contributed by atoms with Crippen LogP contribution in [0.2, 0.25) is 10.0 Å². The first-order chi connectivity index (χ1) is 13.9. The number of nitriles is 1. The Morgan fingerprint density at radius 2 is 1.79 bits per heavy atom. The van der Waals surface area contributed by atoms with E-state index >= 15 is 0 Å². The molecule has 1 amide bonds. The molecule has 150 valence electrons. The van der Waals surface area contributed by atoms with Crippen LogP contribution in [-0.2, 0) is 9.53 Å². The highest BCUT2D eigenvalue weighted by molar-refractivity contribution is 6.37. The van der Waals surface area contributed by atoms with Crippen LogP contribution in [0.5, 0.6) is 5.75 Å². The fraction of sp³-hybridized carbons (Fsp3) is 0.190. The fourth-order valence-corrected chi connectivity index (χ4v) is 2.94. The summed E-state index contributed by atoms with van der Waals surface area (Å²) < 4.78 is 10.1. The van der Waals surface area contributed by atoms with Gasteiger partial charge in [-0.3, -0.25) is 4.79 Å². The number of amides is 1. The van der Waals surface area contributed by atoms with Crippen LogP contribution >= 0.6 is 23.2 Å². The third-order valence-electron chi connectivity index (χ3n) is 3.71. The van der Waals surface area contributed by atoms with Crippen molar-refractivity contribution < 1.29 is 19.1 Å². The molecule has 0 bridgehead atoms. The number of rotatable bonds is 7. The van der Waals surface area contributed by atoms with Gasteiger partial charge in [0, 0.05) is 5.69 Å².